The molecule has 0 aliphatic rings. The van der Waals surface area contributed by atoms with E-state index in [4.69, 9.17) is 9.16 Å². The zero-order valence-corrected chi connectivity index (χ0v) is 13.7. The summed E-state index contributed by atoms with van der Waals surface area (Å²) in [5, 5.41) is 0. The summed E-state index contributed by atoms with van der Waals surface area (Å²) >= 11 is 0. The highest BCUT2D eigenvalue weighted by molar-refractivity contribution is 6.77. The minimum atomic E-state index is -1.94. The van der Waals surface area contributed by atoms with E-state index in [1.54, 1.807) is 6.92 Å². The van der Waals surface area contributed by atoms with E-state index in [1.807, 2.05) is 0 Å². The summed E-state index contributed by atoms with van der Waals surface area (Å²) in [6, 6.07) is 0. The van der Waals surface area contributed by atoms with E-state index in [9.17, 15) is 4.79 Å². The monoisotopic (exact) mass is 270 g/mol. The van der Waals surface area contributed by atoms with Crippen LogP contribution in [0.4, 0.5) is 0 Å². The second-order valence-corrected chi connectivity index (χ2v) is 10.8. The maximum absolute atomic E-state index is 11.2. The Labute approximate surface area is 112 Å². The molecule has 0 atom stereocenters. The molecule has 0 amide bonds. The lowest BCUT2D eigenvalue weighted by molar-refractivity contribution is -0.143. The topological polar surface area (TPSA) is 35.5 Å². The van der Waals surface area contributed by atoms with Crippen molar-refractivity contribution >= 4 is 14.3 Å². The van der Waals surface area contributed by atoms with Gasteiger partial charge in [-0.15, -0.1) is 0 Å². The molecule has 3 nitrogen and oxygen atoms in total. The Balaban J connectivity index is 4.70. The second kappa shape index (κ2) is 7.60. The van der Waals surface area contributed by atoms with Crippen molar-refractivity contribution in [1.82, 2.24) is 0 Å². The van der Waals surface area contributed by atoms with Crippen molar-refractivity contribution in [3.05, 3.63) is 0 Å². The van der Waals surface area contributed by atoms with Crippen molar-refractivity contribution in [2.45, 2.75) is 65.1 Å². The summed E-state index contributed by atoms with van der Waals surface area (Å²) in [6.45, 7) is 14.8. The molecule has 0 rings (SSSR count). The van der Waals surface area contributed by atoms with Gasteiger partial charge in [-0.1, -0.05) is 47.5 Å². The third-order valence-electron chi connectivity index (χ3n) is 3.43. The Morgan fingerprint density at radius 2 is 1.50 bits per heavy atom. The van der Waals surface area contributed by atoms with Gasteiger partial charge in [0.25, 0.3) is 0 Å². The average Bonchev–Trinajstić information content (AvgIpc) is 2.23. The number of ether oxygens (including phenoxy) is 1. The lowest BCUT2D eigenvalue weighted by atomic mass is 10.5. The molecular formula is C14H26O3Si. The van der Waals surface area contributed by atoms with Gasteiger partial charge < -0.3 is 9.16 Å². The Hall–Kier alpha value is -0.793. The van der Waals surface area contributed by atoms with E-state index in [2.05, 4.69) is 53.4 Å². The zero-order chi connectivity index (χ0) is 14.3. The minimum absolute atomic E-state index is 0.0221. The molecule has 104 valence electrons. The summed E-state index contributed by atoms with van der Waals surface area (Å²) in [4.78, 5) is 11.2. The van der Waals surface area contributed by atoms with Gasteiger partial charge in [-0.25, -0.2) is 4.79 Å². The van der Waals surface area contributed by atoms with Crippen molar-refractivity contribution in [3.63, 3.8) is 0 Å². The van der Waals surface area contributed by atoms with E-state index in [0.717, 1.165) is 0 Å². The van der Waals surface area contributed by atoms with Gasteiger partial charge in [0.15, 0.2) is 6.79 Å². The molecule has 0 radical (unpaired) electrons. The maximum atomic E-state index is 11.2. The van der Waals surface area contributed by atoms with Crippen molar-refractivity contribution in [2.24, 2.45) is 0 Å². The zero-order valence-electron chi connectivity index (χ0n) is 12.7. The molecule has 0 heterocycles. The van der Waals surface area contributed by atoms with Crippen LogP contribution in [0.25, 0.3) is 0 Å². The highest BCUT2D eigenvalue weighted by Crippen LogP contribution is 2.42. The summed E-state index contributed by atoms with van der Waals surface area (Å²) < 4.78 is 11.0. The Morgan fingerprint density at radius 3 is 1.83 bits per heavy atom. The first-order valence-electron chi connectivity index (χ1n) is 6.52. The predicted molar refractivity (Wildman–Crippen MR) is 76.5 cm³/mol. The molecule has 18 heavy (non-hydrogen) atoms. The highest BCUT2D eigenvalue weighted by atomic mass is 28.4. The van der Waals surface area contributed by atoms with Crippen LogP contribution in [0.2, 0.25) is 16.6 Å². The normalized spacial score (nSPS) is 11.7. The molecule has 0 aliphatic carbocycles. The van der Waals surface area contributed by atoms with Crippen molar-refractivity contribution in [3.8, 4) is 11.8 Å². The third kappa shape index (κ3) is 4.15. The van der Waals surface area contributed by atoms with Crippen LogP contribution in [-0.2, 0) is 14.0 Å². The first kappa shape index (κ1) is 17.2. The second-order valence-electron chi connectivity index (χ2n) is 5.39. The van der Waals surface area contributed by atoms with Crippen LogP contribution in [-0.4, -0.2) is 21.1 Å². The van der Waals surface area contributed by atoms with Gasteiger partial charge in [-0.3, -0.25) is 0 Å². The number of hydrogen-bond acceptors (Lipinski definition) is 3. The fraction of sp³-hybridized carbons (Fsp3) is 0.786. The maximum Gasteiger partial charge on any atom is 0.386 e. The lowest BCUT2D eigenvalue weighted by Gasteiger charge is -2.41. The van der Waals surface area contributed by atoms with E-state index in [0.29, 0.717) is 16.6 Å². The van der Waals surface area contributed by atoms with E-state index >= 15 is 0 Å². The van der Waals surface area contributed by atoms with Crippen molar-refractivity contribution in [1.29, 1.82) is 0 Å². The molecule has 0 N–H and O–H groups in total. The third-order valence-corrected chi connectivity index (χ3v) is 9.47. The summed E-state index contributed by atoms with van der Waals surface area (Å²) in [6.07, 6.45) is 0. The van der Waals surface area contributed by atoms with Crippen LogP contribution in [0.5, 0.6) is 0 Å². The lowest BCUT2D eigenvalue weighted by Crippen LogP contribution is -2.48. The quantitative estimate of drug-likeness (QED) is 0.243. The molecule has 0 aromatic heterocycles. The van der Waals surface area contributed by atoms with E-state index in [-0.39, 0.29) is 6.79 Å². The number of esters is 1. The first-order chi connectivity index (χ1) is 8.28. The molecule has 0 aromatic carbocycles. The smallest absolute Gasteiger partial charge is 0.386 e. The van der Waals surface area contributed by atoms with Crippen LogP contribution < -0.4 is 0 Å². The van der Waals surface area contributed by atoms with E-state index < -0.39 is 14.3 Å². The van der Waals surface area contributed by atoms with Crippen molar-refractivity contribution in [2.75, 3.05) is 6.79 Å². The number of carbonyl (C=O) groups excluding carboxylic acids is 1. The number of rotatable bonds is 6. The fourth-order valence-corrected chi connectivity index (χ4v) is 8.09. The summed E-state index contributed by atoms with van der Waals surface area (Å²) in [7, 11) is -1.94. The van der Waals surface area contributed by atoms with Crippen LogP contribution in [0.15, 0.2) is 0 Å². The number of hydrogen-bond donors (Lipinski definition) is 0. The van der Waals surface area contributed by atoms with Gasteiger partial charge in [-0.2, -0.15) is 0 Å². The molecule has 0 fully saturated rings. The van der Waals surface area contributed by atoms with Crippen molar-refractivity contribution < 1.29 is 14.0 Å². The number of carbonyl (C=O) groups is 1. The van der Waals surface area contributed by atoms with Crippen LogP contribution in [0.1, 0.15) is 48.5 Å². The molecule has 0 unspecified atom stereocenters. The molecule has 0 saturated heterocycles. The molecule has 4 heteroatoms. The molecule has 0 aromatic rings. The summed E-state index contributed by atoms with van der Waals surface area (Å²) in [5.74, 6) is 4.34. The Bertz CT molecular complexity index is 302. The molecule has 0 bridgehead atoms. The predicted octanol–water partition coefficient (Wildman–Crippen LogP) is 3.70. The standard InChI is InChI=1S/C14H26O3Si/c1-8-9-14(15)16-10-17-18(11(2)3,12(4)5)13(6)7/h11-13H,10H2,1-7H3. The van der Waals surface area contributed by atoms with Crippen LogP contribution in [0.3, 0.4) is 0 Å². The van der Waals surface area contributed by atoms with Gasteiger partial charge in [0, 0.05) is 5.92 Å². The molecule has 0 saturated carbocycles. The Kier molecular flexibility index (Phi) is 7.26. The molecular weight excluding hydrogens is 244 g/mol. The van der Waals surface area contributed by atoms with Gasteiger partial charge in [0.1, 0.15) is 0 Å². The van der Waals surface area contributed by atoms with Crippen LogP contribution in [0, 0.1) is 11.8 Å². The average molecular weight is 270 g/mol. The fourth-order valence-electron chi connectivity index (χ4n) is 2.82. The van der Waals surface area contributed by atoms with Crippen LogP contribution >= 0.6 is 0 Å². The Morgan fingerprint density at radius 1 is 1.06 bits per heavy atom. The van der Waals surface area contributed by atoms with Gasteiger partial charge in [0.2, 0.25) is 8.32 Å². The molecule has 0 aliphatic heterocycles. The largest absolute Gasteiger partial charge is 0.430 e. The SMILES string of the molecule is CC#CC(=O)OCO[Si](C(C)C)(C(C)C)C(C)C. The highest BCUT2D eigenvalue weighted by Gasteiger charge is 2.45. The van der Waals surface area contributed by atoms with Gasteiger partial charge in [0.05, 0.1) is 0 Å². The van der Waals surface area contributed by atoms with Gasteiger partial charge >= 0.3 is 5.97 Å². The first-order valence-corrected chi connectivity index (χ1v) is 8.66. The van der Waals surface area contributed by atoms with E-state index in [1.165, 1.54) is 0 Å². The minimum Gasteiger partial charge on any atom is -0.430 e. The molecule has 0 spiro atoms. The van der Waals surface area contributed by atoms with Gasteiger partial charge in [-0.05, 0) is 23.5 Å². The summed E-state index contributed by atoms with van der Waals surface area (Å²) in [5.41, 5.74) is 1.44.